The summed E-state index contributed by atoms with van der Waals surface area (Å²) in [7, 11) is 1.27. The van der Waals surface area contributed by atoms with Crippen LogP contribution in [0, 0.1) is 5.82 Å². The van der Waals surface area contributed by atoms with Crippen molar-refractivity contribution in [3.05, 3.63) is 74.8 Å². The molecular formula is C22H18ClF3N6O2S. The number of benzene rings is 1. The first kappa shape index (κ1) is 23.4. The second-order valence-electron chi connectivity index (χ2n) is 7.82. The maximum absolute atomic E-state index is 13.8. The summed E-state index contributed by atoms with van der Waals surface area (Å²) in [6.07, 6.45) is 2.59. The fourth-order valence-corrected chi connectivity index (χ4v) is 5.19. The van der Waals surface area contributed by atoms with Gasteiger partial charge in [-0.15, -0.1) is 11.3 Å². The molecule has 0 bridgehead atoms. The van der Waals surface area contributed by atoms with Crippen molar-refractivity contribution in [3.8, 4) is 0 Å². The lowest BCUT2D eigenvalue weighted by molar-refractivity contribution is 0.0564. The van der Waals surface area contributed by atoms with Gasteiger partial charge in [0.1, 0.15) is 11.9 Å². The van der Waals surface area contributed by atoms with Crippen molar-refractivity contribution in [3.63, 3.8) is 0 Å². The van der Waals surface area contributed by atoms with Crippen LogP contribution in [-0.2, 0) is 4.74 Å². The van der Waals surface area contributed by atoms with Crippen molar-refractivity contribution in [1.82, 2.24) is 25.0 Å². The van der Waals surface area contributed by atoms with Crippen LogP contribution < -0.4 is 5.32 Å². The predicted octanol–water partition coefficient (Wildman–Crippen LogP) is 4.87. The van der Waals surface area contributed by atoms with Crippen LogP contribution in [0.3, 0.4) is 0 Å². The zero-order chi connectivity index (χ0) is 24.7. The summed E-state index contributed by atoms with van der Waals surface area (Å²) < 4.78 is 45.8. The topological polar surface area (TPSA) is 84.6 Å². The molecule has 2 aliphatic heterocycles. The van der Waals surface area contributed by atoms with Gasteiger partial charge in [0.2, 0.25) is 0 Å². The Morgan fingerprint density at radius 2 is 2.17 bits per heavy atom. The summed E-state index contributed by atoms with van der Waals surface area (Å²) in [5.74, 6) is 0.0197. The van der Waals surface area contributed by atoms with Crippen LogP contribution >= 0.6 is 22.9 Å². The molecule has 1 fully saturated rings. The summed E-state index contributed by atoms with van der Waals surface area (Å²) in [4.78, 5) is 23.1. The zero-order valence-electron chi connectivity index (χ0n) is 18.2. The Bertz CT molecular complexity index is 1330. The van der Waals surface area contributed by atoms with Crippen LogP contribution in [0.15, 0.2) is 52.7 Å². The molecule has 2 aliphatic rings. The van der Waals surface area contributed by atoms with E-state index in [0.717, 1.165) is 5.70 Å². The molecule has 1 aromatic carbocycles. The number of nitrogens with zero attached hydrogens (tertiary/aromatic N) is 5. The number of alkyl carbamates (subject to hydrolysis) is 1. The minimum absolute atomic E-state index is 0.138. The van der Waals surface area contributed by atoms with Gasteiger partial charge in [0.25, 0.3) is 0 Å². The molecule has 0 unspecified atom stereocenters. The van der Waals surface area contributed by atoms with Crippen molar-refractivity contribution in [2.24, 2.45) is 4.99 Å². The third-order valence-corrected chi connectivity index (χ3v) is 6.83. The lowest BCUT2D eigenvalue weighted by atomic mass is 9.92. The van der Waals surface area contributed by atoms with Gasteiger partial charge < -0.3 is 15.0 Å². The summed E-state index contributed by atoms with van der Waals surface area (Å²) in [6.45, 7) is -2.47. The highest BCUT2D eigenvalue weighted by Crippen LogP contribution is 2.46. The number of carbonyl (C=O) groups excluding carboxylic acids is 1. The van der Waals surface area contributed by atoms with Gasteiger partial charge in [0, 0.05) is 52.6 Å². The smallest absolute Gasteiger partial charge is 0.407 e. The molecule has 35 heavy (non-hydrogen) atoms. The fourth-order valence-electron chi connectivity index (χ4n) is 4.28. The Morgan fingerprint density at radius 1 is 1.34 bits per heavy atom. The Morgan fingerprint density at radius 3 is 2.83 bits per heavy atom. The van der Waals surface area contributed by atoms with E-state index in [9.17, 15) is 18.0 Å². The molecule has 2 aromatic heterocycles. The number of thiazole rings is 1. The Kier molecular flexibility index (Phi) is 6.24. The summed E-state index contributed by atoms with van der Waals surface area (Å²) in [5, 5.41) is 9.44. The van der Waals surface area contributed by atoms with Gasteiger partial charge in [-0.2, -0.15) is 13.9 Å². The number of aliphatic imine (C=N–C) groups is 1. The number of nitrogens with one attached hydrogen (secondary N) is 1. The number of alkyl halides is 2. The number of fused-ring (bicyclic) bond motifs is 1. The summed E-state index contributed by atoms with van der Waals surface area (Å²) >= 11 is 7.80. The highest BCUT2D eigenvalue weighted by molar-refractivity contribution is 7.11. The number of carbonyl (C=O) groups is 1. The predicted molar refractivity (Wildman–Crippen MR) is 124 cm³/mol. The van der Waals surface area contributed by atoms with E-state index in [2.05, 4.69) is 15.4 Å². The van der Waals surface area contributed by atoms with Crippen molar-refractivity contribution < 1.29 is 22.7 Å². The van der Waals surface area contributed by atoms with Crippen molar-refractivity contribution in [1.29, 1.82) is 0 Å². The monoisotopic (exact) mass is 522 g/mol. The lowest BCUT2D eigenvalue weighted by Crippen LogP contribution is -2.39. The van der Waals surface area contributed by atoms with E-state index in [0.29, 0.717) is 39.6 Å². The minimum atomic E-state index is -2.83. The van der Waals surface area contributed by atoms with Crippen LogP contribution in [0.25, 0.3) is 5.57 Å². The number of ether oxygens (including phenoxy) is 1. The molecule has 5 rings (SSSR count). The zero-order valence-corrected chi connectivity index (χ0v) is 19.7. The number of methoxy groups -OCH3 is 1. The number of halogens is 4. The van der Waals surface area contributed by atoms with Crippen LogP contribution in [-0.4, -0.2) is 51.3 Å². The quantitative estimate of drug-likeness (QED) is 0.517. The first-order valence-electron chi connectivity index (χ1n) is 10.5. The Balaban J connectivity index is 1.70. The first-order chi connectivity index (χ1) is 16.9. The van der Waals surface area contributed by atoms with Crippen LogP contribution in [0.5, 0.6) is 0 Å². The molecule has 3 aromatic rings. The van der Waals surface area contributed by atoms with E-state index in [1.807, 2.05) is 4.90 Å². The van der Waals surface area contributed by atoms with Gasteiger partial charge in [-0.05, 0) is 18.2 Å². The molecule has 1 saturated heterocycles. The van der Waals surface area contributed by atoms with Crippen molar-refractivity contribution in [2.75, 3.05) is 13.7 Å². The van der Waals surface area contributed by atoms with E-state index in [1.165, 1.54) is 48.9 Å². The van der Waals surface area contributed by atoms with Gasteiger partial charge >= 0.3 is 12.6 Å². The van der Waals surface area contributed by atoms with E-state index < -0.39 is 24.5 Å². The Labute approximate surface area is 206 Å². The molecule has 0 aliphatic carbocycles. The van der Waals surface area contributed by atoms with E-state index in [4.69, 9.17) is 21.3 Å². The van der Waals surface area contributed by atoms with Gasteiger partial charge in [0.05, 0.1) is 18.8 Å². The summed E-state index contributed by atoms with van der Waals surface area (Å²) in [6, 6.07) is 4.32. The van der Waals surface area contributed by atoms with E-state index in [-0.39, 0.29) is 16.8 Å². The summed E-state index contributed by atoms with van der Waals surface area (Å²) in [5.41, 5.74) is 2.01. The van der Waals surface area contributed by atoms with Gasteiger partial charge in [-0.1, -0.05) is 17.7 Å². The molecule has 0 spiro atoms. The normalized spacial score (nSPS) is 19.7. The number of rotatable bonds is 5. The standard InChI is InChI=1S/C22H18ClF3N6O2S/c1-34-22(33)28-12-9-16-17(15-4-6-32(30-15)21(25)26)18(13-3-2-11(24)8-14(13)23)29-19(31(16)10-12)20-27-5-7-35-20/h2-8,12,18,21H,9-10H2,1H3,(H,28,33)/t12-,18+/m1/s1. The molecule has 13 heteroatoms. The Hall–Kier alpha value is -3.38. The maximum atomic E-state index is 13.8. The second kappa shape index (κ2) is 9.34. The third-order valence-electron chi connectivity index (χ3n) is 5.73. The molecule has 2 atom stereocenters. The average molecular weight is 523 g/mol. The van der Waals surface area contributed by atoms with Crippen LogP contribution in [0.2, 0.25) is 5.02 Å². The average Bonchev–Trinajstić information content (AvgIpc) is 3.58. The van der Waals surface area contributed by atoms with Crippen LogP contribution in [0.4, 0.5) is 18.0 Å². The highest BCUT2D eigenvalue weighted by Gasteiger charge is 2.41. The van der Waals surface area contributed by atoms with E-state index >= 15 is 0 Å². The van der Waals surface area contributed by atoms with Gasteiger partial charge in [0.15, 0.2) is 10.8 Å². The minimum Gasteiger partial charge on any atom is -0.453 e. The second-order valence-corrected chi connectivity index (χ2v) is 9.13. The first-order valence-corrected chi connectivity index (χ1v) is 11.7. The molecule has 8 nitrogen and oxygen atoms in total. The third kappa shape index (κ3) is 4.39. The number of amides is 1. The van der Waals surface area contributed by atoms with E-state index in [1.54, 1.807) is 11.6 Å². The molecule has 1 N–H and O–H groups in total. The largest absolute Gasteiger partial charge is 0.453 e. The highest BCUT2D eigenvalue weighted by atomic mass is 35.5. The fraction of sp³-hybridized carbons (Fsp3) is 0.273. The number of hydrogen-bond acceptors (Lipinski definition) is 7. The van der Waals surface area contributed by atoms with Gasteiger partial charge in [-0.3, -0.25) is 4.99 Å². The molecule has 0 saturated carbocycles. The van der Waals surface area contributed by atoms with Crippen molar-refractivity contribution >= 4 is 40.4 Å². The molecule has 4 heterocycles. The molecule has 0 radical (unpaired) electrons. The number of amidine groups is 1. The van der Waals surface area contributed by atoms with Crippen LogP contribution in [0.1, 0.15) is 35.3 Å². The van der Waals surface area contributed by atoms with Crippen molar-refractivity contribution in [2.45, 2.75) is 25.1 Å². The molecular weight excluding hydrogens is 505 g/mol. The number of hydrogen-bond donors (Lipinski definition) is 1. The molecule has 182 valence electrons. The van der Waals surface area contributed by atoms with Gasteiger partial charge in [-0.25, -0.2) is 18.9 Å². The maximum Gasteiger partial charge on any atom is 0.407 e. The SMILES string of the molecule is COC(=O)N[C@@H]1CC2=C(c3ccn(C(F)F)n3)[C@H](c3ccc(F)cc3Cl)N=C(c3nccs3)N2C1. The number of aromatic nitrogens is 3. The molecule has 1 amide bonds. The lowest BCUT2D eigenvalue weighted by Gasteiger charge is -2.32.